The van der Waals surface area contributed by atoms with Crippen molar-refractivity contribution in [1.82, 2.24) is 9.29 Å². The maximum Gasteiger partial charge on any atom is 0.326 e. The Hall–Kier alpha value is -2.53. The van der Waals surface area contributed by atoms with Crippen LogP contribution in [-0.2, 0) is 19.6 Å². The minimum absolute atomic E-state index is 0.0319. The number of benzene rings is 1. The van der Waals surface area contributed by atoms with Gasteiger partial charge in [-0.3, -0.25) is 4.79 Å². The zero-order chi connectivity index (χ0) is 25.9. The molecule has 2 saturated heterocycles. The zero-order valence-electron chi connectivity index (χ0n) is 20.7. The number of carboxylic acids is 1. The molecule has 9 nitrogen and oxygen atoms in total. The van der Waals surface area contributed by atoms with Gasteiger partial charge in [0.25, 0.3) is 0 Å². The number of hydrogen-bond donors (Lipinski definition) is 2. The normalized spacial score (nSPS) is 23.9. The van der Waals surface area contributed by atoms with E-state index in [4.69, 9.17) is 14.6 Å². The highest BCUT2D eigenvalue weighted by Gasteiger charge is 2.56. The van der Waals surface area contributed by atoms with Gasteiger partial charge in [-0.2, -0.15) is 0 Å². The monoisotopic (exact) mass is 518 g/mol. The second-order valence-corrected chi connectivity index (χ2v) is 11.9. The molecule has 0 amide bonds. The van der Waals surface area contributed by atoms with Crippen LogP contribution in [0.5, 0.6) is 5.88 Å². The number of carbonyl (C=O) groups is 1. The van der Waals surface area contributed by atoms with E-state index in [9.17, 15) is 18.3 Å². The molecule has 0 saturated carbocycles. The third kappa shape index (κ3) is 5.13. The van der Waals surface area contributed by atoms with Crippen LogP contribution in [0.2, 0.25) is 0 Å². The van der Waals surface area contributed by atoms with E-state index >= 15 is 0 Å². The molecule has 0 radical (unpaired) electrons. The molecule has 2 aromatic rings. The summed E-state index contributed by atoms with van der Waals surface area (Å²) in [4.78, 5) is 16.7. The fourth-order valence-corrected chi connectivity index (χ4v) is 7.48. The highest BCUT2D eigenvalue weighted by molar-refractivity contribution is 7.91. The number of aliphatic hydroxyl groups excluding tert-OH is 1. The molecule has 2 unspecified atom stereocenters. The van der Waals surface area contributed by atoms with E-state index in [2.05, 4.69) is 17.1 Å². The summed E-state index contributed by atoms with van der Waals surface area (Å²) in [7, 11) is -4.03. The first-order valence-electron chi connectivity index (χ1n) is 12.3. The van der Waals surface area contributed by atoms with E-state index in [0.717, 1.165) is 22.4 Å². The quantitative estimate of drug-likeness (QED) is 0.546. The summed E-state index contributed by atoms with van der Waals surface area (Å²) in [5.41, 5.74) is 3.94. The van der Waals surface area contributed by atoms with Crippen LogP contribution in [0.3, 0.4) is 0 Å². The third-order valence-corrected chi connectivity index (χ3v) is 9.84. The average molecular weight is 519 g/mol. The van der Waals surface area contributed by atoms with Crippen molar-refractivity contribution in [3.63, 3.8) is 0 Å². The lowest BCUT2D eigenvalue weighted by atomic mass is 9.88. The molecule has 1 aromatic carbocycles. The SMILES string of the molecule is Cc1cc(C2CCN(S(=O)(=O)C3(C(=O)O)CCOC(C)C3)CC2)ccc1-c1cccc(OCCO)n1. The third-order valence-electron chi connectivity index (χ3n) is 7.27. The fraction of sp³-hybridized carbons (Fsp3) is 0.538. The van der Waals surface area contributed by atoms with Gasteiger partial charge in [-0.1, -0.05) is 24.3 Å². The second-order valence-electron chi connectivity index (χ2n) is 9.62. The first-order chi connectivity index (χ1) is 17.2. The van der Waals surface area contributed by atoms with E-state index in [1.807, 2.05) is 25.1 Å². The van der Waals surface area contributed by atoms with Crippen LogP contribution in [0.1, 0.15) is 49.7 Å². The highest BCUT2D eigenvalue weighted by Crippen LogP contribution is 2.39. The lowest BCUT2D eigenvalue weighted by Crippen LogP contribution is -2.58. The molecule has 10 heteroatoms. The van der Waals surface area contributed by atoms with E-state index in [-0.39, 0.29) is 38.6 Å². The number of rotatable bonds is 8. The zero-order valence-corrected chi connectivity index (χ0v) is 21.5. The van der Waals surface area contributed by atoms with Crippen molar-refractivity contribution in [1.29, 1.82) is 0 Å². The summed E-state index contributed by atoms with van der Waals surface area (Å²) in [5, 5.41) is 18.9. The Morgan fingerprint density at radius 3 is 2.64 bits per heavy atom. The van der Waals surface area contributed by atoms with E-state index in [1.165, 1.54) is 4.31 Å². The Labute approximate surface area is 212 Å². The van der Waals surface area contributed by atoms with Crippen molar-refractivity contribution in [3.05, 3.63) is 47.5 Å². The highest BCUT2D eigenvalue weighted by atomic mass is 32.2. The molecule has 2 aliphatic rings. The van der Waals surface area contributed by atoms with Gasteiger partial charge in [-0.25, -0.2) is 17.7 Å². The van der Waals surface area contributed by atoms with Gasteiger partial charge in [0.05, 0.1) is 18.4 Å². The van der Waals surface area contributed by atoms with Crippen molar-refractivity contribution in [3.8, 4) is 17.1 Å². The maximum absolute atomic E-state index is 13.5. The molecule has 2 N–H and O–H groups in total. The van der Waals surface area contributed by atoms with Crippen molar-refractivity contribution in [2.75, 3.05) is 32.9 Å². The first kappa shape index (κ1) is 26.5. The first-order valence-corrected chi connectivity index (χ1v) is 13.8. The summed E-state index contributed by atoms with van der Waals surface area (Å²) < 4.78 is 37.4. The average Bonchev–Trinajstić information content (AvgIpc) is 2.87. The predicted molar refractivity (Wildman–Crippen MR) is 134 cm³/mol. The Morgan fingerprint density at radius 1 is 1.25 bits per heavy atom. The summed E-state index contributed by atoms with van der Waals surface area (Å²) in [6, 6.07) is 11.7. The van der Waals surface area contributed by atoms with Gasteiger partial charge >= 0.3 is 5.97 Å². The number of aliphatic carboxylic acids is 1. The van der Waals surface area contributed by atoms with Gasteiger partial charge in [0, 0.05) is 44.2 Å². The molecule has 0 bridgehead atoms. The molecule has 3 heterocycles. The number of aryl methyl sites for hydroxylation is 1. The van der Waals surface area contributed by atoms with E-state index in [0.29, 0.717) is 31.8 Å². The molecule has 0 spiro atoms. The largest absolute Gasteiger partial charge is 0.480 e. The smallest absolute Gasteiger partial charge is 0.326 e. The van der Waals surface area contributed by atoms with Gasteiger partial charge in [0.15, 0.2) is 4.75 Å². The van der Waals surface area contributed by atoms with Gasteiger partial charge in [0.2, 0.25) is 15.9 Å². The lowest BCUT2D eigenvalue weighted by molar-refractivity contribution is -0.144. The topological polar surface area (TPSA) is 126 Å². The number of nitrogens with zero attached hydrogens (tertiary/aromatic N) is 2. The molecule has 196 valence electrons. The number of carboxylic acid groups (broad SMARTS) is 1. The molecular weight excluding hydrogens is 484 g/mol. The maximum atomic E-state index is 13.5. The number of hydrogen-bond acceptors (Lipinski definition) is 7. The predicted octanol–water partition coefficient (Wildman–Crippen LogP) is 2.96. The molecule has 36 heavy (non-hydrogen) atoms. The molecular formula is C26H34N2O7S. The second kappa shape index (κ2) is 10.8. The van der Waals surface area contributed by atoms with Crippen molar-refractivity contribution in [2.45, 2.75) is 56.3 Å². The Kier molecular flexibility index (Phi) is 7.99. The molecule has 1 aromatic heterocycles. The van der Waals surface area contributed by atoms with Gasteiger partial charge in [0.1, 0.15) is 6.61 Å². The van der Waals surface area contributed by atoms with E-state index in [1.54, 1.807) is 13.0 Å². The van der Waals surface area contributed by atoms with Gasteiger partial charge < -0.3 is 19.7 Å². The summed E-state index contributed by atoms with van der Waals surface area (Å²) in [5.74, 6) is -0.645. The van der Waals surface area contributed by atoms with Gasteiger partial charge in [-0.05, 0) is 49.8 Å². The Bertz CT molecular complexity index is 1190. The van der Waals surface area contributed by atoms with Crippen molar-refractivity contribution < 1.29 is 32.9 Å². The molecule has 2 atom stereocenters. The van der Waals surface area contributed by atoms with Crippen molar-refractivity contribution >= 4 is 16.0 Å². The minimum Gasteiger partial charge on any atom is -0.480 e. The van der Waals surface area contributed by atoms with Crippen LogP contribution in [0.15, 0.2) is 36.4 Å². The minimum atomic E-state index is -4.03. The number of aromatic nitrogens is 1. The number of piperidine rings is 1. The van der Waals surface area contributed by atoms with E-state index < -0.39 is 26.8 Å². The molecule has 2 aliphatic heterocycles. The number of aliphatic hydroxyl groups is 1. The lowest BCUT2D eigenvalue weighted by Gasteiger charge is -2.41. The standard InChI is InChI=1S/C26H34N2O7S/c1-18-16-21(6-7-22(18)23-4-3-5-24(27-23)35-15-13-29)20-8-11-28(12-9-20)36(32,33)26(25(30)31)10-14-34-19(2)17-26/h3-7,16,19-20,29H,8-15,17H2,1-2H3,(H,30,31). The Morgan fingerprint density at radius 2 is 2.00 bits per heavy atom. The van der Waals surface area contributed by atoms with Crippen LogP contribution < -0.4 is 4.74 Å². The number of ether oxygens (including phenoxy) is 2. The van der Waals surface area contributed by atoms with Crippen molar-refractivity contribution in [2.24, 2.45) is 0 Å². The number of pyridine rings is 1. The summed E-state index contributed by atoms with van der Waals surface area (Å²) in [6.45, 7) is 4.56. The van der Waals surface area contributed by atoms with Crippen LogP contribution in [0, 0.1) is 6.92 Å². The summed E-state index contributed by atoms with van der Waals surface area (Å²) in [6.07, 6.45) is 0.770. The molecule has 2 fully saturated rings. The summed E-state index contributed by atoms with van der Waals surface area (Å²) >= 11 is 0. The molecule has 0 aliphatic carbocycles. The Balaban J connectivity index is 1.47. The van der Waals surface area contributed by atoms with Crippen LogP contribution in [0.25, 0.3) is 11.3 Å². The van der Waals surface area contributed by atoms with Crippen LogP contribution in [0.4, 0.5) is 0 Å². The van der Waals surface area contributed by atoms with Gasteiger partial charge in [-0.15, -0.1) is 0 Å². The fourth-order valence-electron chi connectivity index (χ4n) is 5.29. The molecule has 4 rings (SSSR count). The van der Waals surface area contributed by atoms with Crippen LogP contribution in [-0.4, -0.2) is 77.7 Å². The van der Waals surface area contributed by atoms with Crippen LogP contribution >= 0.6 is 0 Å². The number of sulfonamides is 1.